The quantitative estimate of drug-likeness (QED) is 0.593. The van der Waals surface area contributed by atoms with Gasteiger partial charge in [0.1, 0.15) is 11.5 Å². The van der Waals surface area contributed by atoms with Crippen molar-refractivity contribution in [2.75, 3.05) is 0 Å². The number of carbonyl (C=O) groups excluding carboxylic acids is 1. The van der Waals surface area contributed by atoms with E-state index in [1.54, 1.807) is 0 Å². The third kappa shape index (κ3) is 4.20. The minimum Gasteiger partial charge on any atom is -0.361 e. The van der Waals surface area contributed by atoms with Gasteiger partial charge >= 0.3 is 0 Å². The van der Waals surface area contributed by atoms with E-state index in [0.717, 1.165) is 30.7 Å². The van der Waals surface area contributed by atoms with Crippen molar-refractivity contribution in [2.45, 2.75) is 84.0 Å². The molecule has 6 nitrogen and oxygen atoms in total. The van der Waals surface area contributed by atoms with E-state index < -0.39 is 0 Å². The van der Waals surface area contributed by atoms with Crippen molar-refractivity contribution in [1.29, 1.82) is 0 Å². The summed E-state index contributed by atoms with van der Waals surface area (Å²) in [7, 11) is 0. The van der Waals surface area contributed by atoms with Crippen LogP contribution in [0.1, 0.15) is 74.6 Å². The van der Waals surface area contributed by atoms with Crippen molar-refractivity contribution < 1.29 is 9.32 Å². The van der Waals surface area contributed by atoms with Gasteiger partial charge in [0.15, 0.2) is 0 Å². The molecule has 1 aliphatic heterocycles. The van der Waals surface area contributed by atoms with Crippen molar-refractivity contribution in [3.63, 3.8) is 0 Å². The van der Waals surface area contributed by atoms with Crippen molar-refractivity contribution in [2.24, 2.45) is 5.92 Å². The first-order valence-corrected chi connectivity index (χ1v) is 12.1. The number of aromatic nitrogens is 2. The lowest BCUT2D eigenvalue weighted by molar-refractivity contribution is -0.124. The molecule has 3 heterocycles. The van der Waals surface area contributed by atoms with Crippen molar-refractivity contribution in [1.82, 2.24) is 20.4 Å². The largest absolute Gasteiger partial charge is 0.361 e. The highest BCUT2D eigenvalue weighted by Crippen LogP contribution is 2.36. The summed E-state index contributed by atoms with van der Waals surface area (Å²) in [4.78, 5) is 13.3. The summed E-state index contributed by atoms with van der Waals surface area (Å²) in [5, 5.41) is 12.6. The Labute approximate surface area is 189 Å². The van der Waals surface area contributed by atoms with Gasteiger partial charge in [0, 0.05) is 35.2 Å². The lowest BCUT2D eigenvalue weighted by atomic mass is 9.94. The molecular weight excluding hydrogens is 400 g/mol. The normalized spacial score (nSPS) is 21.4. The molecule has 2 aromatic heterocycles. The van der Waals surface area contributed by atoms with Crippen LogP contribution in [0.5, 0.6) is 0 Å². The molecule has 3 aromatic rings. The smallest absolute Gasteiger partial charge is 0.237 e. The molecule has 0 radical (unpaired) electrons. The summed E-state index contributed by atoms with van der Waals surface area (Å²) < 4.78 is 7.54. The van der Waals surface area contributed by atoms with Crippen LogP contribution in [0.2, 0.25) is 0 Å². The molecular formula is C26H34N4O2. The fraction of sp³-hybridized carbons (Fsp3) is 0.538. The van der Waals surface area contributed by atoms with Gasteiger partial charge in [-0.3, -0.25) is 10.1 Å². The summed E-state index contributed by atoms with van der Waals surface area (Å²) in [6.07, 6.45) is 8.56. The second kappa shape index (κ2) is 8.74. The minimum atomic E-state index is -0.222. The van der Waals surface area contributed by atoms with Gasteiger partial charge in [0.2, 0.25) is 5.91 Å². The van der Waals surface area contributed by atoms with Crippen molar-refractivity contribution in [3.8, 4) is 0 Å². The third-order valence-corrected chi connectivity index (χ3v) is 6.95. The van der Waals surface area contributed by atoms with Gasteiger partial charge in [-0.15, -0.1) is 0 Å². The standard InChI is InChI=1S/C26H34N4O2/c1-16(2)11-22-21-9-6-10-24-25(21)18(14-30(24)15-20-12-17(3)32-29-20)13-23(28-22)26(31)27-19-7-4-5-8-19/h6,9-10,12,14,16,19,22-23,28H,4-5,7-8,11,13,15H2,1-3H3,(H,27,31). The Balaban J connectivity index is 1.51. The van der Waals surface area contributed by atoms with Crippen molar-refractivity contribution in [3.05, 3.63) is 53.0 Å². The number of amides is 1. The topological polar surface area (TPSA) is 72.1 Å². The van der Waals surface area contributed by atoms with E-state index in [-0.39, 0.29) is 18.0 Å². The van der Waals surface area contributed by atoms with Crippen LogP contribution in [0.25, 0.3) is 10.9 Å². The van der Waals surface area contributed by atoms with Gasteiger partial charge < -0.3 is 14.4 Å². The zero-order chi connectivity index (χ0) is 22.2. The van der Waals surface area contributed by atoms with E-state index >= 15 is 0 Å². The molecule has 0 saturated heterocycles. The van der Waals surface area contributed by atoms with Crippen LogP contribution in [0.15, 0.2) is 35.0 Å². The molecule has 1 saturated carbocycles. The number of benzene rings is 1. The Morgan fingerprint density at radius 3 is 2.84 bits per heavy atom. The van der Waals surface area contributed by atoms with E-state index in [2.05, 4.69) is 58.6 Å². The maximum atomic E-state index is 13.3. The molecule has 2 unspecified atom stereocenters. The summed E-state index contributed by atoms with van der Waals surface area (Å²) in [6.45, 7) is 7.08. The summed E-state index contributed by atoms with van der Waals surface area (Å²) in [5.41, 5.74) is 4.66. The predicted molar refractivity (Wildman–Crippen MR) is 126 cm³/mol. The molecule has 2 atom stereocenters. The zero-order valence-electron chi connectivity index (χ0n) is 19.4. The number of hydrogen-bond acceptors (Lipinski definition) is 4. The van der Waals surface area contributed by atoms with Crippen LogP contribution in [0, 0.1) is 12.8 Å². The van der Waals surface area contributed by atoms with Gasteiger partial charge in [0.25, 0.3) is 0 Å². The molecule has 0 bridgehead atoms. The molecule has 2 aliphatic rings. The lowest BCUT2D eigenvalue weighted by Crippen LogP contribution is -2.49. The van der Waals surface area contributed by atoms with Gasteiger partial charge in [-0.05, 0) is 55.7 Å². The van der Waals surface area contributed by atoms with Crippen LogP contribution in [-0.4, -0.2) is 27.7 Å². The molecule has 1 aliphatic carbocycles. The van der Waals surface area contributed by atoms with E-state index in [4.69, 9.17) is 4.52 Å². The predicted octanol–water partition coefficient (Wildman–Crippen LogP) is 4.65. The van der Waals surface area contributed by atoms with Crippen molar-refractivity contribution >= 4 is 16.8 Å². The highest BCUT2D eigenvalue weighted by molar-refractivity contribution is 5.90. The molecule has 0 spiro atoms. The average Bonchev–Trinajstić information content (AvgIpc) is 3.46. The highest BCUT2D eigenvalue weighted by Gasteiger charge is 2.32. The number of nitrogens with one attached hydrogen (secondary N) is 2. The lowest BCUT2D eigenvalue weighted by Gasteiger charge is -2.26. The number of hydrogen-bond donors (Lipinski definition) is 2. The number of rotatable bonds is 6. The summed E-state index contributed by atoms with van der Waals surface area (Å²) >= 11 is 0. The summed E-state index contributed by atoms with van der Waals surface area (Å²) in [6, 6.07) is 8.80. The van der Waals surface area contributed by atoms with E-state index in [1.807, 2.05) is 13.0 Å². The Morgan fingerprint density at radius 1 is 1.31 bits per heavy atom. The van der Waals surface area contributed by atoms with Gasteiger partial charge in [-0.2, -0.15) is 0 Å². The second-order valence-electron chi connectivity index (χ2n) is 10.0. The Hall–Kier alpha value is -2.60. The average molecular weight is 435 g/mol. The SMILES string of the molecule is Cc1cc(Cn2cc3c4c(cccc42)C(CC(C)C)NC(C(=O)NC2CCCC2)C3)no1. The summed E-state index contributed by atoms with van der Waals surface area (Å²) in [5.74, 6) is 1.50. The van der Waals surface area contributed by atoms with Gasteiger partial charge in [0.05, 0.1) is 12.6 Å². The van der Waals surface area contributed by atoms with Gasteiger partial charge in [-0.25, -0.2) is 0 Å². The first-order valence-electron chi connectivity index (χ1n) is 12.1. The maximum Gasteiger partial charge on any atom is 0.237 e. The van der Waals surface area contributed by atoms with Crippen LogP contribution in [-0.2, 0) is 17.8 Å². The molecule has 2 N–H and O–H groups in total. The molecule has 1 aromatic carbocycles. The van der Waals surface area contributed by atoms with E-state index in [9.17, 15) is 4.79 Å². The molecule has 6 heteroatoms. The highest BCUT2D eigenvalue weighted by atomic mass is 16.5. The maximum absolute atomic E-state index is 13.3. The van der Waals surface area contributed by atoms with Crippen LogP contribution in [0.3, 0.4) is 0 Å². The second-order valence-corrected chi connectivity index (χ2v) is 10.0. The van der Waals surface area contributed by atoms with E-state index in [0.29, 0.717) is 24.9 Å². The fourth-order valence-corrected chi connectivity index (χ4v) is 5.53. The molecule has 5 rings (SSSR count). The fourth-order valence-electron chi connectivity index (χ4n) is 5.53. The molecule has 32 heavy (non-hydrogen) atoms. The van der Waals surface area contributed by atoms with Crippen LogP contribution < -0.4 is 10.6 Å². The zero-order valence-corrected chi connectivity index (χ0v) is 19.4. The molecule has 1 amide bonds. The Bertz CT molecular complexity index is 1110. The first kappa shape index (κ1) is 21.3. The number of nitrogens with zero attached hydrogens (tertiary/aromatic N) is 2. The van der Waals surface area contributed by atoms with Crippen LogP contribution in [0.4, 0.5) is 0 Å². The monoisotopic (exact) mass is 434 g/mol. The number of carbonyl (C=O) groups is 1. The van der Waals surface area contributed by atoms with Gasteiger partial charge in [-0.1, -0.05) is 44.0 Å². The van der Waals surface area contributed by atoms with E-state index in [1.165, 1.54) is 34.9 Å². The minimum absolute atomic E-state index is 0.145. The molecule has 170 valence electrons. The third-order valence-electron chi connectivity index (χ3n) is 6.95. The number of aryl methyl sites for hydroxylation is 1. The molecule has 1 fully saturated rings. The Kier molecular flexibility index (Phi) is 5.80. The van der Waals surface area contributed by atoms with Crippen LogP contribution >= 0.6 is 0 Å². The first-order chi connectivity index (χ1) is 15.5. The Morgan fingerprint density at radius 2 is 2.12 bits per heavy atom.